The summed E-state index contributed by atoms with van der Waals surface area (Å²) in [5, 5.41) is 11.7. The van der Waals surface area contributed by atoms with Crippen LogP contribution in [0.15, 0.2) is 5.38 Å². The molecule has 0 radical (unpaired) electrons. The fourth-order valence-corrected chi connectivity index (χ4v) is 2.65. The maximum atomic E-state index is 6.14. The summed E-state index contributed by atoms with van der Waals surface area (Å²) in [5.74, 6) is 0. The second-order valence-corrected chi connectivity index (χ2v) is 6.23. The van der Waals surface area contributed by atoms with Crippen molar-refractivity contribution >= 4 is 22.9 Å². The highest BCUT2D eigenvalue weighted by Gasteiger charge is 2.11. The second kappa shape index (κ2) is 6.03. The van der Waals surface area contributed by atoms with Gasteiger partial charge in [0.05, 0.1) is 28.6 Å². The lowest BCUT2D eigenvalue weighted by molar-refractivity contribution is 0.584. The largest absolute Gasteiger partial charge is 0.308 e. The zero-order valence-electron chi connectivity index (χ0n) is 11.7. The molecule has 0 fully saturated rings. The number of halogens is 1. The molecule has 2 aromatic rings. The van der Waals surface area contributed by atoms with E-state index in [1.807, 2.05) is 18.5 Å². The topological polar surface area (TPSA) is 42.7 Å². The average Bonchev–Trinajstić information content (AvgIpc) is 2.89. The number of aryl methyl sites for hydroxylation is 1. The highest BCUT2D eigenvalue weighted by molar-refractivity contribution is 7.09. The lowest BCUT2D eigenvalue weighted by Gasteiger charge is -2.04. The molecule has 0 amide bonds. The van der Waals surface area contributed by atoms with Crippen LogP contribution in [0.3, 0.4) is 0 Å². The van der Waals surface area contributed by atoms with Crippen LogP contribution in [0.1, 0.15) is 35.9 Å². The van der Waals surface area contributed by atoms with Crippen LogP contribution in [0, 0.1) is 13.8 Å². The summed E-state index contributed by atoms with van der Waals surface area (Å²) >= 11 is 7.82. The summed E-state index contributed by atoms with van der Waals surface area (Å²) in [6.45, 7) is 9.66. The quantitative estimate of drug-likeness (QED) is 0.922. The van der Waals surface area contributed by atoms with Gasteiger partial charge in [0.25, 0.3) is 0 Å². The molecule has 0 aliphatic heterocycles. The van der Waals surface area contributed by atoms with E-state index in [9.17, 15) is 0 Å². The normalized spacial score (nSPS) is 11.5. The van der Waals surface area contributed by atoms with Crippen molar-refractivity contribution in [2.75, 3.05) is 0 Å². The number of nitrogens with zero attached hydrogens (tertiary/aromatic N) is 3. The minimum Gasteiger partial charge on any atom is -0.308 e. The Labute approximate surface area is 122 Å². The molecule has 0 bridgehead atoms. The molecule has 19 heavy (non-hydrogen) atoms. The van der Waals surface area contributed by atoms with E-state index < -0.39 is 0 Å². The van der Waals surface area contributed by atoms with Gasteiger partial charge >= 0.3 is 0 Å². The van der Waals surface area contributed by atoms with E-state index in [4.69, 9.17) is 11.6 Å². The van der Waals surface area contributed by atoms with Gasteiger partial charge < -0.3 is 5.32 Å². The van der Waals surface area contributed by atoms with Crippen molar-refractivity contribution in [2.24, 2.45) is 0 Å². The molecular weight excluding hydrogens is 280 g/mol. The van der Waals surface area contributed by atoms with Gasteiger partial charge in [-0.3, -0.25) is 4.68 Å². The summed E-state index contributed by atoms with van der Waals surface area (Å²) in [4.78, 5) is 4.61. The number of hydrogen-bond acceptors (Lipinski definition) is 4. The lowest BCUT2D eigenvalue weighted by Crippen LogP contribution is -2.21. The maximum Gasteiger partial charge on any atom is 0.107 e. The molecule has 6 heteroatoms. The van der Waals surface area contributed by atoms with E-state index >= 15 is 0 Å². The Hall–Kier alpha value is -0.910. The predicted octanol–water partition coefficient (Wildman–Crippen LogP) is 3.16. The fourth-order valence-electron chi connectivity index (χ4n) is 1.78. The SMILES string of the molecule is Cc1nn(Cc2csc(CNC(C)C)n2)c(C)c1Cl. The van der Waals surface area contributed by atoms with Gasteiger partial charge in [0.15, 0.2) is 0 Å². The smallest absolute Gasteiger partial charge is 0.107 e. The fraction of sp³-hybridized carbons (Fsp3) is 0.538. The number of rotatable bonds is 5. The summed E-state index contributed by atoms with van der Waals surface area (Å²) in [6.07, 6.45) is 0. The molecule has 4 nitrogen and oxygen atoms in total. The van der Waals surface area contributed by atoms with Gasteiger partial charge in [-0.05, 0) is 13.8 Å². The Morgan fingerprint density at radius 1 is 1.42 bits per heavy atom. The van der Waals surface area contributed by atoms with Gasteiger partial charge in [-0.1, -0.05) is 25.4 Å². The van der Waals surface area contributed by atoms with Crippen LogP contribution in [-0.2, 0) is 13.1 Å². The summed E-state index contributed by atoms with van der Waals surface area (Å²) in [5.41, 5.74) is 2.90. The molecule has 0 saturated carbocycles. The number of hydrogen-bond donors (Lipinski definition) is 1. The van der Waals surface area contributed by atoms with Gasteiger partial charge in [-0.2, -0.15) is 5.10 Å². The van der Waals surface area contributed by atoms with Crippen LogP contribution < -0.4 is 5.32 Å². The third-order valence-electron chi connectivity index (χ3n) is 2.87. The molecule has 0 aliphatic rings. The van der Waals surface area contributed by atoms with E-state index in [1.165, 1.54) is 0 Å². The van der Waals surface area contributed by atoms with Gasteiger partial charge in [0.2, 0.25) is 0 Å². The summed E-state index contributed by atoms with van der Waals surface area (Å²) in [6, 6.07) is 0.474. The van der Waals surface area contributed by atoms with Gasteiger partial charge in [-0.15, -0.1) is 11.3 Å². The molecule has 0 atom stereocenters. The Morgan fingerprint density at radius 2 is 2.16 bits per heavy atom. The van der Waals surface area contributed by atoms with Crippen LogP contribution >= 0.6 is 22.9 Å². The van der Waals surface area contributed by atoms with Crippen LogP contribution in [0.5, 0.6) is 0 Å². The van der Waals surface area contributed by atoms with Crippen LogP contribution in [0.25, 0.3) is 0 Å². The van der Waals surface area contributed by atoms with E-state index in [2.05, 4.69) is 34.6 Å². The van der Waals surface area contributed by atoms with Crippen molar-refractivity contribution in [2.45, 2.75) is 46.8 Å². The van der Waals surface area contributed by atoms with Crippen molar-refractivity contribution in [3.63, 3.8) is 0 Å². The number of aromatic nitrogens is 3. The first-order valence-electron chi connectivity index (χ1n) is 6.33. The molecule has 0 saturated heterocycles. The molecule has 0 unspecified atom stereocenters. The Bertz CT molecular complexity index is 559. The molecule has 2 rings (SSSR count). The van der Waals surface area contributed by atoms with Crippen molar-refractivity contribution in [1.82, 2.24) is 20.1 Å². The van der Waals surface area contributed by atoms with Gasteiger partial charge in [-0.25, -0.2) is 4.98 Å². The first kappa shape index (κ1) is 14.5. The predicted molar refractivity (Wildman–Crippen MR) is 79.9 cm³/mol. The molecule has 0 aromatic carbocycles. The summed E-state index contributed by atoms with van der Waals surface area (Å²) < 4.78 is 1.91. The van der Waals surface area contributed by atoms with E-state index in [1.54, 1.807) is 11.3 Å². The number of thiazole rings is 1. The molecule has 0 aliphatic carbocycles. The molecular formula is C13H19ClN4S. The van der Waals surface area contributed by atoms with E-state index in [0.717, 1.165) is 33.7 Å². The highest BCUT2D eigenvalue weighted by atomic mass is 35.5. The minimum absolute atomic E-state index is 0.474. The standard InChI is InChI=1S/C13H19ClN4S/c1-8(2)15-5-12-16-11(7-19-12)6-18-10(4)13(14)9(3)17-18/h7-8,15H,5-6H2,1-4H3. The first-order chi connectivity index (χ1) is 8.97. The third kappa shape index (κ3) is 3.55. The Balaban J connectivity index is 2.05. The monoisotopic (exact) mass is 298 g/mol. The van der Waals surface area contributed by atoms with Crippen LogP contribution in [0.2, 0.25) is 5.02 Å². The Morgan fingerprint density at radius 3 is 2.74 bits per heavy atom. The first-order valence-corrected chi connectivity index (χ1v) is 7.59. The van der Waals surface area contributed by atoms with Gasteiger partial charge in [0, 0.05) is 18.0 Å². The Kier molecular flexibility index (Phi) is 4.60. The van der Waals surface area contributed by atoms with E-state index in [0.29, 0.717) is 12.6 Å². The van der Waals surface area contributed by atoms with Crippen LogP contribution in [0.4, 0.5) is 0 Å². The van der Waals surface area contributed by atoms with Crippen LogP contribution in [-0.4, -0.2) is 20.8 Å². The molecule has 0 spiro atoms. The van der Waals surface area contributed by atoms with Crippen molar-refractivity contribution in [1.29, 1.82) is 0 Å². The zero-order valence-corrected chi connectivity index (χ0v) is 13.3. The highest BCUT2D eigenvalue weighted by Crippen LogP contribution is 2.20. The molecule has 104 valence electrons. The average molecular weight is 299 g/mol. The number of nitrogens with one attached hydrogen (secondary N) is 1. The minimum atomic E-state index is 0.474. The van der Waals surface area contributed by atoms with Crippen molar-refractivity contribution in [3.05, 3.63) is 32.5 Å². The zero-order chi connectivity index (χ0) is 14.0. The molecule has 2 heterocycles. The van der Waals surface area contributed by atoms with E-state index in [-0.39, 0.29) is 0 Å². The molecule has 2 aromatic heterocycles. The maximum absolute atomic E-state index is 6.14. The van der Waals surface area contributed by atoms with Crippen molar-refractivity contribution < 1.29 is 0 Å². The third-order valence-corrected chi connectivity index (χ3v) is 4.31. The van der Waals surface area contributed by atoms with Crippen molar-refractivity contribution in [3.8, 4) is 0 Å². The lowest BCUT2D eigenvalue weighted by atomic mass is 10.4. The molecule has 1 N–H and O–H groups in total. The second-order valence-electron chi connectivity index (χ2n) is 4.91. The van der Waals surface area contributed by atoms with Gasteiger partial charge in [0.1, 0.15) is 5.01 Å². The summed E-state index contributed by atoms with van der Waals surface area (Å²) in [7, 11) is 0.